The van der Waals surface area contributed by atoms with E-state index in [-0.39, 0.29) is 5.97 Å². The molecule has 0 saturated carbocycles. The number of rotatable bonds is 3. The predicted octanol–water partition coefficient (Wildman–Crippen LogP) is 1.97. The Hall–Kier alpha value is -1.55. The Bertz CT molecular complexity index is 336. The lowest BCUT2D eigenvalue weighted by molar-refractivity contribution is 0.0525. The van der Waals surface area contributed by atoms with Crippen LogP contribution in [-0.2, 0) is 4.74 Å². The number of ether oxygens (including phenoxy) is 1. The lowest BCUT2D eigenvalue weighted by atomic mass is 10.1. The molecule has 76 valence electrons. The minimum Gasteiger partial charge on any atom is -0.462 e. The van der Waals surface area contributed by atoms with Crippen LogP contribution in [-0.4, -0.2) is 17.8 Å². The number of nitrogens with one attached hydrogen (secondary N) is 1. The van der Waals surface area contributed by atoms with Gasteiger partial charge >= 0.3 is 5.97 Å². The first-order chi connectivity index (χ1) is 6.69. The zero-order chi connectivity index (χ0) is 10.6. The van der Waals surface area contributed by atoms with E-state index in [1.165, 1.54) is 0 Å². The molecule has 1 aromatic rings. The van der Waals surface area contributed by atoms with Crippen molar-refractivity contribution >= 4 is 11.7 Å². The van der Waals surface area contributed by atoms with Gasteiger partial charge in [0.05, 0.1) is 17.9 Å². The summed E-state index contributed by atoms with van der Waals surface area (Å²) < 4.78 is 4.86. The Balaban J connectivity index is 2.94. The molecule has 1 aromatic carbocycles. The van der Waals surface area contributed by atoms with Crippen LogP contribution in [0.4, 0.5) is 5.69 Å². The van der Waals surface area contributed by atoms with Crippen LogP contribution in [0.2, 0.25) is 0 Å². The van der Waals surface area contributed by atoms with Crippen molar-refractivity contribution in [2.75, 3.05) is 12.1 Å². The molecular formula is C10H13NO3. The average Bonchev–Trinajstić information content (AvgIpc) is 2.17. The molecule has 0 aliphatic carbocycles. The highest BCUT2D eigenvalue weighted by Gasteiger charge is 2.09. The summed E-state index contributed by atoms with van der Waals surface area (Å²) in [5, 5.41) is 8.63. The molecule has 0 aromatic heterocycles. The smallest absolute Gasteiger partial charge is 0.338 e. The molecule has 0 bridgehead atoms. The van der Waals surface area contributed by atoms with Gasteiger partial charge in [-0.1, -0.05) is 0 Å². The second kappa shape index (κ2) is 4.62. The maximum atomic E-state index is 11.4. The number of esters is 1. The molecule has 0 aliphatic rings. The molecule has 2 N–H and O–H groups in total. The van der Waals surface area contributed by atoms with Gasteiger partial charge in [0.1, 0.15) is 0 Å². The minimum atomic E-state index is -0.338. The Morgan fingerprint density at radius 1 is 1.57 bits per heavy atom. The van der Waals surface area contributed by atoms with Crippen LogP contribution in [0.3, 0.4) is 0 Å². The molecule has 4 nitrogen and oxygen atoms in total. The third-order valence-electron chi connectivity index (χ3n) is 1.85. The molecule has 0 aliphatic heterocycles. The molecule has 4 heteroatoms. The van der Waals surface area contributed by atoms with Gasteiger partial charge in [0.15, 0.2) is 0 Å². The molecule has 0 amide bonds. The highest BCUT2D eigenvalue weighted by molar-refractivity contribution is 5.91. The van der Waals surface area contributed by atoms with Crippen LogP contribution >= 0.6 is 0 Å². The third-order valence-corrected chi connectivity index (χ3v) is 1.85. The van der Waals surface area contributed by atoms with E-state index in [4.69, 9.17) is 9.94 Å². The Labute approximate surface area is 82.5 Å². The van der Waals surface area contributed by atoms with Gasteiger partial charge in [-0.15, -0.1) is 0 Å². The maximum absolute atomic E-state index is 11.4. The molecule has 0 spiro atoms. The van der Waals surface area contributed by atoms with E-state index in [1.54, 1.807) is 32.0 Å². The van der Waals surface area contributed by atoms with E-state index in [9.17, 15) is 4.79 Å². The van der Waals surface area contributed by atoms with Crippen LogP contribution in [0.5, 0.6) is 0 Å². The zero-order valence-electron chi connectivity index (χ0n) is 8.20. The predicted molar refractivity (Wildman–Crippen MR) is 52.5 cm³/mol. The summed E-state index contributed by atoms with van der Waals surface area (Å²) in [6.07, 6.45) is 0. The molecule has 0 radical (unpaired) electrons. The Kier molecular flexibility index (Phi) is 3.48. The summed E-state index contributed by atoms with van der Waals surface area (Å²) in [5.74, 6) is -0.338. The summed E-state index contributed by atoms with van der Waals surface area (Å²) in [6.45, 7) is 3.91. The van der Waals surface area contributed by atoms with Gasteiger partial charge in [-0.25, -0.2) is 4.79 Å². The fraction of sp³-hybridized carbons (Fsp3) is 0.300. The van der Waals surface area contributed by atoms with Gasteiger partial charge in [-0.3, -0.25) is 10.7 Å². The fourth-order valence-electron chi connectivity index (χ4n) is 1.17. The van der Waals surface area contributed by atoms with E-state index in [0.717, 1.165) is 5.56 Å². The summed E-state index contributed by atoms with van der Waals surface area (Å²) >= 11 is 0. The van der Waals surface area contributed by atoms with Crippen LogP contribution in [0.1, 0.15) is 22.8 Å². The Morgan fingerprint density at radius 3 is 2.79 bits per heavy atom. The largest absolute Gasteiger partial charge is 0.462 e. The highest BCUT2D eigenvalue weighted by Crippen LogP contribution is 2.15. The SMILES string of the molecule is CCOC(=O)c1ccc(NO)cc1C. The van der Waals surface area contributed by atoms with Gasteiger partial charge in [0.2, 0.25) is 0 Å². The molecule has 0 unspecified atom stereocenters. The minimum absolute atomic E-state index is 0.338. The van der Waals surface area contributed by atoms with Gasteiger partial charge < -0.3 is 4.74 Å². The van der Waals surface area contributed by atoms with Crippen molar-refractivity contribution in [1.29, 1.82) is 0 Å². The van der Waals surface area contributed by atoms with Crippen molar-refractivity contribution < 1.29 is 14.7 Å². The van der Waals surface area contributed by atoms with Crippen LogP contribution in [0.25, 0.3) is 0 Å². The number of anilines is 1. The van der Waals surface area contributed by atoms with E-state index >= 15 is 0 Å². The first kappa shape index (κ1) is 10.5. The normalized spacial score (nSPS) is 9.64. The van der Waals surface area contributed by atoms with E-state index < -0.39 is 0 Å². The van der Waals surface area contributed by atoms with Crippen molar-refractivity contribution in [2.45, 2.75) is 13.8 Å². The number of aryl methyl sites for hydroxylation is 1. The number of carbonyl (C=O) groups excluding carboxylic acids is 1. The molecule has 1 rings (SSSR count). The number of hydrogen-bond donors (Lipinski definition) is 2. The second-order valence-electron chi connectivity index (χ2n) is 2.86. The summed E-state index contributed by atoms with van der Waals surface area (Å²) in [6, 6.07) is 4.90. The zero-order valence-corrected chi connectivity index (χ0v) is 8.20. The lowest BCUT2D eigenvalue weighted by Gasteiger charge is -2.06. The second-order valence-corrected chi connectivity index (χ2v) is 2.86. The van der Waals surface area contributed by atoms with Gasteiger partial charge in [0, 0.05) is 0 Å². The van der Waals surface area contributed by atoms with Gasteiger partial charge in [-0.05, 0) is 37.6 Å². The topological polar surface area (TPSA) is 58.6 Å². The number of carbonyl (C=O) groups is 1. The number of hydrogen-bond acceptors (Lipinski definition) is 4. The van der Waals surface area contributed by atoms with E-state index in [0.29, 0.717) is 17.9 Å². The van der Waals surface area contributed by atoms with Crippen molar-refractivity contribution in [1.82, 2.24) is 0 Å². The molecular weight excluding hydrogens is 182 g/mol. The summed E-state index contributed by atoms with van der Waals surface area (Å²) in [4.78, 5) is 11.4. The standard InChI is InChI=1S/C10H13NO3/c1-3-14-10(12)9-5-4-8(11-13)6-7(9)2/h4-6,11,13H,3H2,1-2H3. The summed E-state index contributed by atoms with van der Waals surface area (Å²) in [5.41, 5.74) is 3.85. The van der Waals surface area contributed by atoms with Crippen molar-refractivity contribution in [3.8, 4) is 0 Å². The average molecular weight is 195 g/mol. The first-order valence-electron chi connectivity index (χ1n) is 4.37. The Morgan fingerprint density at radius 2 is 2.29 bits per heavy atom. The maximum Gasteiger partial charge on any atom is 0.338 e. The molecule has 14 heavy (non-hydrogen) atoms. The van der Waals surface area contributed by atoms with Crippen LogP contribution < -0.4 is 5.48 Å². The van der Waals surface area contributed by atoms with Gasteiger partial charge in [-0.2, -0.15) is 0 Å². The fourth-order valence-corrected chi connectivity index (χ4v) is 1.17. The van der Waals surface area contributed by atoms with Gasteiger partial charge in [0.25, 0.3) is 0 Å². The molecule has 0 fully saturated rings. The summed E-state index contributed by atoms with van der Waals surface area (Å²) in [7, 11) is 0. The lowest BCUT2D eigenvalue weighted by Crippen LogP contribution is -2.06. The molecule has 0 atom stereocenters. The van der Waals surface area contributed by atoms with Crippen molar-refractivity contribution in [3.05, 3.63) is 29.3 Å². The van der Waals surface area contributed by atoms with Crippen molar-refractivity contribution in [2.24, 2.45) is 0 Å². The third kappa shape index (κ3) is 2.23. The van der Waals surface area contributed by atoms with Crippen molar-refractivity contribution in [3.63, 3.8) is 0 Å². The molecule has 0 heterocycles. The quantitative estimate of drug-likeness (QED) is 0.572. The molecule has 0 saturated heterocycles. The van der Waals surface area contributed by atoms with Crippen LogP contribution in [0, 0.1) is 6.92 Å². The van der Waals surface area contributed by atoms with E-state index in [2.05, 4.69) is 0 Å². The van der Waals surface area contributed by atoms with E-state index in [1.807, 2.05) is 5.48 Å². The highest BCUT2D eigenvalue weighted by atomic mass is 16.5. The number of benzene rings is 1. The monoisotopic (exact) mass is 195 g/mol. The first-order valence-corrected chi connectivity index (χ1v) is 4.37. The van der Waals surface area contributed by atoms with Crippen LogP contribution in [0.15, 0.2) is 18.2 Å².